The van der Waals surface area contributed by atoms with Crippen molar-refractivity contribution in [1.29, 1.82) is 0 Å². The second-order valence-corrected chi connectivity index (χ2v) is 11.9. The van der Waals surface area contributed by atoms with Crippen molar-refractivity contribution in [2.75, 3.05) is 4.90 Å². The molecule has 2 aromatic carbocycles. The number of benzene rings is 2. The first-order chi connectivity index (χ1) is 19.9. The van der Waals surface area contributed by atoms with Crippen molar-refractivity contribution in [3.05, 3.63) is 82.3 Å². The second-order valence-electron chi connectivity index (χ2n) is 11.9. The number of rotatable bonds is 6. The number of aromatic nitrogens is 2. The van der Waals surface area contributed by atoms with Crippen LogP contribution < -0.4 is 10.2 Å². The third-order valence-corrected chi connectivity index (χ3v) is 7.80. The maximum Gasteiger partial charge on any atom is 0.413 e. The zero-order valence-corrected chi connectivity index (χ0v) is 23.7. The first-order valence-electron chi connectivity index (χ1n) is 13.9. The van der Waals surface area contributed by atoms with E-state index in [4.69, 9.17) is 4.74 Å². The standard InChI is InChI=1S/C30H34F3N5O4/c1-30(2,3)42-28(39)34-25-11-18(9-10-19(25)20-12-23(32)24(33)13-22(20)31)37-15-21-26(16-37)35-36-27(21)38(29(40)41)14-17-7-5-4-6-8-17/h4-8,12-13,18-19,25H,9-11,14-16H2,1-3H3,(H,34,39)(H,35,36)(H,40,41)/t18-,19+,25-/m0/s1. The highest BCUT2D eigenvalue weighted by molar-refractivity contribution is 5.86. The fraction of sp³-hybridized carbons (Fsp3) is 0.433. The smallest absolute Gasteiger partial charge is 0.413 e. The minimum absolute atomic E-state index is 0.00421. The molecule has 2 heterocycles. The number of carbonyl (C=O) groups excluding carboxylic acids is 1. The molecular formula is C30H34F3N5O4. The lowest BCUT2D eigenvalue weighted by molar-refractivity contribution is 0.0450. The van der Waals surface area contributed by atoms with Crippen LogP contribution >= 0.6 is 0 Å². The van der Waals surface area contributed by atoms with E-state index in [-0.39, 0.29) is 18.2 Å². The van der Waals surface area contributed by atoms with Crippen LogP contribution in [0.4, 0.5) is 28.6 Å². The number of nitrogens with zero attached hydrogens (tertiary/aromatic N) is 3. The highest BCUT2D eigenvalue weighted by Crippen LogP contribution is 2.40. The van der Waals surface area contributed by atoms with Crippen LogP contribution in [0.5, 0.6) is 0 Å². The maximum absolute atomic E-state index is 14.8. The summed E-state index contributed by atoms with van der Waals surface area (Å²) < 4.78 is 48.1. The van der Waals surface area contributed by atoms with Crippen molar-refractivity contribution in [2.45, 2.75) is 83.3 Å². The monoisotopic (exact) mass is 585 g/mol. The van der Waals surface area contributed by atoms with E-state index in [1.807, 2.05) is 30.3 Å². The number of hydrogen-bond acceptors (Lipinski definition) is 5. The summed E-state index contributed by atoms with van der Waals surface area (Å²) in [6.07, 6.45) is -0.422. The number of carbonyl (C=O) groups is 2. The largest absolute Gasteiger partial charge is 0.465 e. The highest BCUT2D eigenvalue weighted by atomic mass is 19.2. The van der Waals surface area contributed by atoms with Gasteiger partial charge in [-0.1, -0.05) is 30.3 Å². The molecule has 12 heteroatoms. The van der Waals surface area contributed by atoms with E-state index >= 15 is 0 Å². The Kier molecular flexibility index (Phi) is 8.18. The molecule has 1 fully saturated rings. The molecule has 3 aromatic rings. The predicted octanol–water partition coefficient (Wildman–Crippen LogP) is 6.06. The van der Waals surface area contributed by atoms with Crippen LogP contribution in [0.1, 0.15) is 68.3 Å². The van der Waals surface area contributed by atoms with Gasteiger partial charge in [0, 0.05) is 42.7 Å². The van der Waals surface area contributed by atoms with Crippen molar-refractivity contribution in [3.63, 3.8) is 0 Å². The molecule has 42 heavy (non-hydrogen) atoms. The Labute approximate surface area is 241 Å². The van der Waals surface area contributed by atoms with Crippen molar-refractivity contribution in [3.8, 4) is 0 Å². The van der Waals surface area contributed by atoms with Crippen molar-refractivity contribution >= 4 is 18.0 Å². The van der Waals surface area contributed by atoms with E-state index in [0.717, 1.165) is 22.9 Å². The van der Waals surface area contributed by atoms with Crippen LogP contribution in [0.25, 0.3) is 0 Å². The minimum Gasteiger partial charge on any atom is -0.465 e. The summed E-state index contributed by atoms with van der Waals surface area (Å²) in [5, 5.41) is 20.1. The lowest BCUT2D eigenvalue weighted by Crippen LogP contribution is -2.49. The molecule has 9 nitrogen and oxygen atoms in total. The summed E-state index contributed by atoms with van der Waals surface area (Å²) in [7, 11) is 0. The van der Waals surface area contributed by atoms with Crippen LogP contribution in [0.15, 0.2) is 42.5 Å². The predicted molar refractivity (Wildman–Crippen MR) is 148 cm³/mol. The molecule has 0 unspecified atom stereocenters. The molecule has 5 rings (SSSR count). The number of halogens is 3. The van der Waals surface area contributed by atoms with Gasteiger partial charge in [0.15, 0.2) is 17.5 Å². The van der Waals surface area contributed by atoms with E-state index in [0.29, 0.717) is 44.2 Å². The van der Waals surface area contributed by atoms with Gasteiger partial charge >= 0.3 is 12.2 Å². The van der Waals surface area contributed by atoms with Gasteiger partial charge in [0.05, 0.1) is 12.2 Å². The number of anilines is 1. The quantitative estimate of drug-likeness (QED) is 0.304. The van der Waals surface area contributed by atoms with Crippen molar-refractivity contribution in [2.24, 2.45) is 0 Å². The number of hydrogen-bond donors (Lipinski definition) is 3. The van der Waals surface area contributed by atoms with Crippen LogP contribution in [-0.4, -0.2) is 50.1 Å². The lowest BCUT2D eigenvalue weighted by atomic mass is 9.77. The molecule has 1 aliphatic heterocycles. The summed E-state index contributed by atoms with van der Waals surface area (Å²) in [5.74, 6) is -3.56. The van der Waals surface area contributed by atoms with Gasteiger partial charge in [0.2, 0.25) is 0 Å². The molecule has 2 aliphatic rings. The van der Waals surface area contributed by atoms with Gasteiger partial charge in [-0.25, -0.2) is 22.8 Å². The Bertz CT molecular complexity index is 1460. The van der Waals surface area contributed by atoms with E-state index < -0.39 is 47.2 Å². The average Bonchev–Trinajstić information content (AvgIpc) is 3.50. The number of aromatic amines is 1. The van der Waals surface area contributed by atoms with Gasteiger partial charge in [-0.3, -0.25) is 14.9 Å². The van der Waals surface area contributed by atoms with Crippen LogP contribution in [-0.2, 0) is 24.4 Å². The van der Waals surface area contributed by atoms with Crippen LogP contribution in [0, 0.1) is 17.5 Å². The Hall–Kier alpha value is -4.06. The van der Waals surface area contributed by atoms with E-state index in [9.17, 15) is 27.9 Å². The Morgan fingerprint density at radius 1 is 1.10 bits per heavy atom. The molecule has 3 atom stereocenters. The fourth-order valence-electron chi connectivity index (χ4n) is 5.92. The molecule has 1 aromatic heterocycles. The number of nitrogens with one attached hydrogen (secondary N) is 2. The first-order valence-corrected chi connectivity index (χ1v) is 13.9. The molecule has 1 saturated carbocycles. The molecule has 224 valence electrons. The average molecular weight is 586 g/mol. The Morgan fingerprint density at radius 3 is 2.50 bits per heavy atom. The first kappa shape index (κ1) is 29.4. The normalized spacial score (nSPS) is 20.7. The van der Waals surface area contributed by atoms with Crippen LogP contribution in [0.3, 0.4) is 0 Å². The van der Waals surface area contributed by atoms with E-state index in [1.165, 1.54) is 4.90 Å². The van der Waals surface area contributed by atoms with Gasteiger partial charge in [0.1, 0.15) is 11.4 Å². The number of alkyl carbamates (subject to hydrolysis) is 1. The number of H-pyrrole nitrogens is 1. The molecule has 0 saturated heterocycles. The number of carboxylic acid groups (broad SMARTS) is 1. The number of amides is 2. The zero-order chi connectivity index (χ0) is 30.2. The van der Waals surface area contributed by atoms with Gasteiger partial charge in [-0.2, -0.15) is 5.10 Å². The van der Waals surface area contributed by atoms with Crippen molar-refractivity contribution in [1.82, 2.24) is 20.4 Å². The van der Waals surface area contributed by atoms with Gasteiger partial charge in [-0.05, 0) is 57.2 Å². The Morgan fingerprint density at radius 2 is 1.81 bits per heavy atom. The summed E-state index contributed by atoms with van der Waals surface area (Å²) >= 11 is 0. The van der Waals surface area contributed by atoms with Crippen molar-refractivity contribution < 1.29 is 32.6 Å². The summed E-state index contributed by atoms with van der Waals surface area (Å²) in [6.45, 7) is 6.22. The summed E-state index contributed by atoms with van der Waals surface area (Å²) in [6, 6.07) is 9.95. The molecule has 0 spiro atoms. The lowest BCUT2D eigenvalue weighted by Gasteiger charge is -2.40. The molecule has 2 amide bonds. The van der Waals surface area contributed by atoms with Gasteiger partial charge in [-0.15, -0.1) is 0 Å². The number of fused-ring (bicyclic) bond motifs is 1. The fourth-order valence-corrected chi connectivity index (χ4v) is 5.92. The molecular weight excluding hydrogens is 551 g/mol. The third kappa shape index (κ3) is 6.38. The van der Waals surface area contributed by atoms with Crippen LogP contribution in [0.2, 0.25) is 0 Å². The van der Waals surface area contributed by atoms with Gasteiger partial charge in [0.25, 0.3) is 0 Å². The van der Waals surface area contributed by atoms with Gasteiger partial charge < -0.3 is 15.2 Å². The topological polar surface area (TPSA) is 111 Å². The van der Waals surface area contributed by atoms with E-state index in [2.05, 4.69) is 20.4 Å². The second kappa shape index (κ2) is 11.7. The molecule has 1 aliphatic carbocycles. The molecule has 3 N–H and O–H groups in total. The third-order valence-electron chi connectivity index (χ3n) is 7.80. The SMILES string of the molecule is CC(C)(C)OC(=O)N[C@H]1C[C@@H](N2Cc3[nH]nc(N(Cc4ccccc4)C(=O)O)c3C2)CC[C@@H]1c1cc(F)c(F)cc1F. The summed E-state index contributed by atoms with van der Waals surface area (Å²) in [4.78, 5) is 28.3. The summed E-state index contributed by atoms with van der Waals surface area (Å²) in [5.41, 5.74) is 1.64. The minimum atomic E-state index is -1.27. The highest BCUT2D eigenvalue weighted by Gasteiger charge is 2.40. The number of ether oxygens (including phenoxy) is 1. The maximum atomic E-state index is 14.8. The Balaban J connectivity index is 1.35. The molecule has 0 bridgehead atoms. The van der Waals surface area contributed by atoms with E-state index in [1.54, 1.807) is 20.8 Å². The molecule has 0 radical (unpaired) electrons. The zero-order valence-electron chi connectivity index (χ0n) is 23.7.